The Hall–Kier alpha value is -0.530. The molecular weight excluding hydrogens is 411 g/mol. The van der Waals surface area contributed by atoms with E-state index in [1.54, 1.807) is 0 Å². The smallest absolute Gasteiger partial charge is 0.188 e. The summed E-state index contributed by atoms with van der Waals surface area (Å²) in [5, 5.41) is 3.95. The minimum atomic E-state index is 0. The lowest BCUT2D eigenvalue weighted by molar-refractivity contribution is 0.273. The Morgan fingerprint density at radius 1 is 1.41 bits per heavy atom. The Kier molecular flexibility index (Phi) is 9.12. The molecule has 0 radical (unpaired) electrons. The molecule has 2 rings (SSSR count). The molecule has 4 nitrogen and oxygen atoms in total. The number of likely N-dealkylation sites (tertiary alicyclic amines) is 1. The van der Waals surface area contributed by atoms with E-state index >= 15 is 0 Å². The van der Waals surface area contributed by atoms with E-state index in [0.29, 0.717) is 12.0 Å². The van der Waals surface area contributed by atoms with Gasteiger partial charge in [-0.05, 0) is 50.0 Å². The summed E-state index contributed by atoms with van der Waals surface area (Å²) in [5.41, 5.74) is 7.17. The van der Waals surface area contributed by atoms with Gasteiger partial charge in [0.2, 0.25) is 0 Å². The number of halogens is 2. The number of guanidine groups is 1. The molecule has 22 heavy (non-hydrogen) atoms. The average molecular weight is 437 g/mol. The summed E-state index contributed by atoms with van der Waals surface area (Å²) >= 11 is 5.86. The predicted octanol–water partition coefficient (Wildman–Crippen LogP) is 2.89. The Labute approximate surface area is 155 Å². The highest BCUT2D eigenvalue weighted by Gasteiger charge is 2.22. The molecule has 3 N–H and O–H groups in total. The zero-order valence-corrected chi connectivity index (χ0v) is 16.2. The third-order valence-corrected chi connectivity index (χ3v) is 4.26. The first kappa shape index (κ1) is 19.5. The normalized spacial score (nSPS) is 19.0. The first-order valence-electron chi connectivity index (χ1n) is 7.71. The molecule has 0 spiro atoms. The van der Waals surface area contributed by atoms with Crippen molar-refractivity contribution in [2.24, 2.45) is 10.7 Å². The van der Waals surface area contributed by atoms with Gasteiger partial charge in [0.25, 0.3) is 0 Å². The highest BCUT2D eigenvalue weighted by molar-refractivity contribution is 14.0. The van der Waals surface area contributed by atoms with E-state index in [4.69, 9.17) is 17.3 Å². The molecule has 1 fully saturated rings. The topological polar surface area (TPSA) is 53.6 Å². The summed E-state index contributed by atoms with van der Waals surface area (Å²) in [6.07, 6.45) is 3.42. The quantitative estimate of drug-likeness (QED) is 0.410. The lowest BCUT2D eigenvalue weighted by Gasteiger charge is -2.20. The number of hydrogen-bond donors (Lipinski definition) is 2. The largest absolute Gasteiger partial charge is 0.370 e. The maximum Gasteiger partial charge on any atom is 0.188 e. The van der Waals surface area contributed by atoms with Crippen LogP contribution in [-0.2, 0) is 6.42 Å². The van der Waals surface area contributed by atoms with Crippen molar-refractivity contribution in [3.63, 3.8) is 0 Å². The molecule has 0 aromatic heterocycles. The van der Waals surface area contributed by atoms with Gasteiger partial charge >= 0.3 is 0 Å². The van der Waals surface area contributed by atoms with Crippen LogP contribution in [0.15, 0.2) is 29.3 Å². The van der Waals surface area contributed by atoms with Crippen molar-refractivity contribution in [2.45, 2.75) is 32.2 Å². The zero-order valence-electron chi connectivity index (χ0n) is 13.1. The Balaban J connectivity index is 0.00000242. The number of hydrogen-bond acceptors (Lipinski definition) is 2. The first-order valence-corrected chi connectivity index (χ1v) is 8.09. The van der Waals surface area contributed by atoms with Gasteiger partial charge in [-0.3, -0.25) is 9.89 Å². The second-order valence-corrected chi connectivity index (χ2v) is 5.89. The van der Waals surface area contributed by atoms with E-state index in [9.17, 15) is 0 Å². The summed E-state index contributed by atoms with van der Waals surface area (Å²) in [5.74, 6) is 0.548. The standard InChI is InChI=1S/C16H25ClN4.HI/c1-2-21-11-3-4-15(21)12-20-16(18)19-10-9-13-5-7-14(17)8-6-13;/h5-8,15H,2-4,9-12H2,1H3,(H3,18,19,20);1H. The molecule has 0 bridgehead atoms. The van der Waals surface area contributed by atoms with Crippen LogP contribution in [0.2, 0.25) is 5.02 Å². The molecule has 1 atom stereocenters. The number of nitrogens with two attached hydrogens (primary N) is 1. The number of nitrogens with zero attached hydrogens (tertiary/aromatic N) is 2. The molecule has 0 saturated carbocycles. The van der Waals surface area contributed by atoms with Crippen LogP contribution in [0.25, 0.3) is 0 Å². The molecule has 1 aliphatic heterocycles. The number of aliphatic imine (C=N–C) groups is 1. The van der Waals surface area contributed by atoms with Gasteiger partial charge in [-0.15, -0.1) is 24.0 Å². The van der Waals surface area contributed by atoms with Gasteiger partial charge in [0, 0.05) is 17.6 Å². The van der Waals surface area contributed by atoms with Gasteiger partial charge in [0.1, 0.15) is 0 Å². The lowest BCUT2D eigenvalue weighted by Crippen LogP contribution is -2.36. The maximum atomic E-state index is 5.93. The minimum Gasteiger partial charge on any atom is -0.370 e. The number of benzene rings is 1. The van der Waals surface area contributed by atoms with Gasteiger partial charge in [-0.25, -0.2) is 0 Å². The van der Waals surface area contributed by atoms with E-state index < -0.39 is 0 Å². The number of likely N-dealkylation sites (N-methyl/N-ethyl adjacent to an activating group) is 1. The number of nitrogens with one attached hydrogen (secondary N) is 1. The average Bonchev–Trinajstić information content (AvgIpc) is 2.95. The minimum absolute atomic E-state index is 0. The Bertz CT molecular complexity index is 464. The van der Waals surface area contributed by atoms with Gasteiger partial charge in [0.05, 0.1) is 6.54 Å². The molecule has 0 aliphatic carbocycles. The summed E-state index contributed by atoms with van der Waals surface area (Å²) < 4.78 is 0. The fourth-order valence-electron chi connectivity index (χ4n) is 2.76. The van der Waals surface area contributed by atoms with Crippen molar-refractivity contribution >= 4 is 41.5 Å². The van der Waals surface area contributed by atoms with Gasteiger partial charge < -0.3 is 11.1 Å². The summed E-state index contributed by atoms with van der Waals surface area (Å²) in [6.45, 7) is 6.09. The molecule has 1 aromatic carbocycles. The van der Waals surface area contributed by atoms with Crippen LogP contribution in [0.5, 0.6) is 0 Å². The van der Waals surface area contributed by atoms with Crippen molar-refractivity contribution in [3.05, 3.63) is 34.9 Å². The van der Waals surface area contributed by atoms with Crippen LogP contribution in [0.1, 0.15) is 25.3 Å². The van der Waals surface area contributed by atoms with E-state index in [-0.39, 0.29) is 24.0 Å². The molecule has 1 aromatic rings. The van der Waals surface area contributed by atoms with Crippen LogP contribution < -0.4 is 11.1 Å². The van der Waals surface area contributed by atoms with Crippen molar-refractivity contribution < 1.29 is 0 Å². The van der Waals surface area contributed by atoms with E-state index in [1.165, 1.54) is 24.9 Å². The van der Waals surface area contributed by atoms with Gasteiger partial charge in [0.15, 0.2) is 5.96 Å². The van der Waals surface area contributed by atoms with Gasteiger partial charge in [-0.1, -0.05) is 30.7 Å². The molecule has 1 heterocycles. The summed E-state index contributed by atoms with van der Waals surface area (Å²) in [6, 6.07) is 8.46. The fourth-order valence-corrected chi connectivity index (χ4v) is 2.89. The van der Waals surface area contributed by atoms with Crippen LogP contribution in [0.4, 0.5) is 0 Å². The second-order valence-electron chi connectivity index (χ2n) is 5.45. The zero-order chi connectivity index (χ0) is 15.1. The highest BCUT2D eigenvalue weighted by atomic mass is 127. The summed E-state index contributed by atoms with van der Waals surface area (Å²) in [4.78, 5) is 6.95. The maximum absolute atomic E-state index is 5.93. The second kappa shape index (κ2) is 10.3. The molecule has 1 unspecified atom stereocenters. The predicted molar refractivity (Wildman–Crippen MR) is 105 cm³/mol. The van der Waals surface area contributed by atoms with Crippen LogP contribution in [-0.4, -0.2) is 43.1 Å². The van der Waals surface area contributed by atoms with E-state index in [0.717, 1.165) is 31.1 Å². The van der Waals surface area contributed by atoms with Crippen molar-refractivity contribution in [1.82, 2.24) is 10.2 Å². The monoisotopic (exact) mass is 436 g/mol. The lowest BCUT2D eigenvalue weighted by atomic mass is 10.1. The van der Waals surface area contributed by atoms with Crippen LogP contribution >= 0.6 is 35.6 Å². The fraction of sp³-hybridized carbons (Fsp3) is 0.562. The third-order valence-electron chi connectivity index (χ3n) is 4.01. The molecule has 124 valence electrons. The molecule has 0 amide bonds. The van der Waals surface area contributed by atoms with Crippen molar-refractivity contribution in [3.8, 4) is 0 Å². The van der Waals surface area contributed by atoms with Crippen molar-refractivity contribution in [2.75, 3.05) is 26.2 Å². The SMILES string of the molecule is CCN1CCCC1CN=C(N)NCCc1ccc(Cl)cc1.I. The first-order chi connectivity index (χ1) is 10.2. The van der Waals surface area contributed by atoms with E-state index in [1.807, 2.05) is 24.3 Å². The Morgan fingerprint density at radius 3 is 2.82 bits per heavy atom. The van der Waals surface area contributed by atoms with Crippen LogP contribution in [0, 0.1) is 0 Å². The molecular formula is C16H26ClIN4. The van der Waals surface area contributed by atoms with Crippen LogP contribution in [0.3, 0.4) is 0 Å². The van der Waals surface area contributed by atoms with E-state index in [2.05, 4.69) is 22.1 Å². The van der Waals surface area contributed by atoms with Crippen molar-refractivity contribution in [1.29, 1.82) is 0 Å². The molecule has 1 saturated heterocycles. The summed E-state index contributed by atoms with van der Waals surface area (Å²) in [7, 11) is 0. The number of rotatable bonds is 6. The Morgan fingerprint density at radius 2 is 2.14 bits per heavy atom. The molecule has 6 heteroatoms. The van der Waals surface area contributed by atoms with Gasteiger partial charge in [-0.2, -0.15) is 0 Å². The highest BCUT2D eigenvalue weighted by Crippen LogP contribution is 2.16. The third kappa shape index (κ3) is 6.30. The molecule has 1 aliphatic rings.